The molecule has 0 aromatic heterocycles. The summed E-state index contributed by atoms with van der Waals surface area (Å²) in [4.78, 5) is 2.55. The maximum atomic E-state index is 3.56. The Morgan fingerprint density at radius 3 is 2.29 bits per heavy atom. The number of nitrogens with zero attached hydrogens (tertiary/aromatic N) is 1. The molecule has 0 atom stereocenters. The van der Waals surface area contributed by atoms with E-state index < -0.39 is 0 Å². The molecule has 0 spiro atoms. The Morgan fingerprint density at radius 1 is 1.00 bits per heavy atom. The molecule has 1 saturated carbocycles. The fourth-order valence-electron chi connectivity index (χ4n) is 2.51. The lowest BCUT2D eigenvalue weighted by atomic mass is 10.1. The molecule has 0 amide bonds. The fourth-order valence-corrected chi connectivity index (χ4v) is 2.51. The fraction of sp³-hybridized carbons (Fsp3) is 0.600. The lowest BCUT2D eigenvalue weighted by Crippen LogP contribution is -2.18. The van der Waals surface area contributed by atoms with Crippen LogP contribution in [0.3, 0.4) is 0 Å². The van der Waals surface area contributed by atoms with Crippen LogP contribution < -0.4 is 5.32 Å². The van der Waals surface area contributed by atoms with E-state index in [0.29, 0.717) is 0 Å². The maximum Gasteiger partial charge on any atom is 0.0233 e. The van der Waals surface area contributed by atoms with Crippen molar-refractivity contribution in [3.8, 4) is 0 Å². The highest BCUT2D eigenvalue weighted by molar-refractivity contribution is 5.22. The molecule has 0 unspecified atom stereocenters. The summed E-state index contributed by atoms with van der Waals surface area (Å²) in [5, 5.41) is 3.56. The third-order valence-electron chi connectivity index (χ3n) is 3.80. The molecular formula is C15H22N2. The van der Waals surface area contributed by atoms with Gasteiger partial charge in [-0.05, 0) is 49.9 Å². The summed E-state index contributed by atoms with van der Waals surface area (Å²) in [6, 6.07) is 9.95. The van der Waals surface area contributed by atoms with E-state index in [1.165, 1.54) is 49.9 Å². The van der Waals surface area contributed by atoms with Crippen molar-refractivity contribution in [3.63, 3.8) is 0 Å². The minimum absolute atomic E-state index is 0.805. The number of benzene rings is 1. The first-order valence-corrected chi connectivity index (χ1v) is 6.94. The van der Waals surface area contributed by atoms with Crippen LogP contribution in [0, 0.1) is 0 Å². The summed E-state index contributed by atoms with van der Waals surface area (Å²) >= 11 is 0. The third kappa shape index (κ3) is 3.30. The zero-order chi connectivity index (χ0) is 11.5. The Morgan fingerprint density at radius 2 is 1.65 bits per heavy atom. The van der Waals surface area contributed by atoms with Gasteiger partial charge in [0, 0.05) is 19.1 Å². The maximum absolute atomic E-state index is 3.56. The van der Waals surface area contributed by atoms with Crippen molar-refractivity contribution < 1.29 is 0 Å². The largest absolute Gasteiger partial charge is 0.310 e. The molecule has 17 heavy (non-hydrogen) atoms. The van der Waals surface area contributed by atoms with Crippen LogP contribution in [-0.4, -0.2) is 24.0 Å². The van der Waals surface area contributed by atoms with Crippen molar-refractivity contribution in [2.24, 2.45) is 0 Å². The summed E-state index contributed by atoms with van der Waals surface area (Å²) in [6.45, 7) is 4.74. The molecule has 1 saturated heterocycles. The monoisotopic (exact) mass is 230 g/mol. The molecule has 2 heteroatoms. The van der Waals surface area contributed by atoms with Gasteiger partial charge in [-0.15, -0.1) is 0 Å². The molecule has 2 aliphatic rings. The van der Waals surface area contributed by atoms with Gasteiger partial charge in [0.2, 0.25) is 0 Å². The summed E-state index contributed by atoms with van der Waals surface area (Å²) in [5.41, 5.74) is 2.88. The summed E-state index contributed by atoms with van der Waals surface area (Å²) in [6.07, 6.45) is 5.49. The van der Waals surface area contributed by atoms with Crippen molar-refractivity contribution in [3.05, 3.63) is 35.4 Å². The number of likely N-dealkylation sites (tertiary alicyclic amines) is 1. The van der Waals surface area contributed by atoms with E-state index in [2.05, 4.69) is 34.5 Å². The zero-order valence-corrected chi connectivity index (χ0v) is 10.5. The zero-order valence-electron chi connectivity index (χ0n) is 10.5. The smallest absolute Gasteiger partial charge is 0.0233 e. The van der Waals surface area contributed by atoms with Gasteiger partial charge in [-0.25, -0.2) is 0 Å². The molecule has 1 aromatic rings. The molecule has 92 valence electrons. The highest BCUT2D eigenvalue weighted by atomic mass is 15.1. The second-order valence-electron chi connectivity index (χ2n) is 5.45. The lowest BCUT2D eigenvalue weighted by molar-refractivity contribution is 0.331. The van der Waals surface area contributed by atoms with Gasteiger partial charge in [0.05, 0.1) is 0 Å². The van der Waals surface area contributed by atoms with Crippen molar-refractivity contribution in [2.45, 2.75) is 44.8 Å². The van der Waals surface area contributed by atoms with Crippen molar-refractivity contribution in [2.75, 3.05) is 13.1 Å². The van der Waals surface area contributed by atoms with Crippen molar-refractivity contribution in [1.82, 2.24) is 10.2 Å². The second-order valence-corrected chi connectivity index (χ2v) is 5.45. The van der Waals surface area contributed by atoms with Gasteiger partial charge < -0.3 is 5.32 Å². The third-order valence-corrected chi connectivity index (χ3v) is 3.80. The van der Waals surface area contributed by atoms with E-state index in [0.717, 1.165) is 19.1 Å². The van der Waals surface area contributed by atoms with Crippen LogP contribution in [0.5, 0.6) is 0 Å². The normalized spacial score (nSPS) is 20.9. The summed E-state index contributed by atoms with van der Waals surface area (Å²) < 4.78 is 0. The van der Waals surface area contributed by atoms with E-state index >= 15 is 0 Å². The lowest BCUT2D eigenvalue weighted by Gasteiger charge is -2.14. The van der Waals surface area contributed by atoms with E-state index in [1.807, 2.05) is 0 Å². The average Bonchev–Trinajstić information content (AvgIpc) is 3.05. The molecular weight excluding hydrogens is 208 g/mol. The van der Waals surface area contributed by atoms with E-state index in [-0.39, 0.29) is 0 Å². The predicted octanol–water partition coefficient (Wildman–Crippen LogP) is 2.53. The Hall–Kier alpha value is -0.860. The SMILES string of the molecule is c1cc(CN2CCCC2)ccc1CNC1CC1. The summed E-state index contributed by atoms with van der Waals surface area (Å²) in [7, 11) is 0. The second kappa shape index (κ2) is 5.19. The Labute approximate surface area is 104 Å². The first kappa shape index (κ1) is 11.2. The molecule has 1 aromatic carbocycles. The standard InChI is InChI=1S/C15H22N2/c1-2-10-17(9-1)12-14-5-3-13(4-6-14)11-16-15-7-8-15/h3-6,15-16H,1-2,7-12H2. The van der Waals surface area contributed by atoms with Gasteiger partial charge in [-0.2, -0.15) is 0 Å². The first-order chi connectivity index (χ1) is 8.40. The van der Waals surface area contributed by atoms with Gasteiger partial charge in [0.15, 0.2) is 0 Å². The number of rotatable bonds is 5. The summed E-state index contributed by atoms with van der Waals surface area (Å²) in [5.74, 6) is 0. The van der Waals surface area contributed by atoms with Gasteiger partial charge in [-0.3, -0.25) is 4.90 Å². The van der Waals surface area contributed by atoms with Crippen molar-refractivity contribution >= 4 is 0 Å². The Bertz CT molecular complexity index is 348. The van der Waals surface area contributed by atoms with Crippen LogP contribution >= 0.6 is 0 Å². The molecule has 1 N–H and O–H groups in total. The molecule has 1 aliphatic carbocycles. The molecule has 2 nitrogen and oxygen atoms in total. The van der Waals surface area contributed by atoms with Gasteiger partial charge in [0.1, 0.15) is 0 Å². The predicted molar refractivity (Wildman–Crippen MR) is 70.8 cm³/mol. The molecule has 0 radical (unpaired) electrons. The molecule has 2 fully saturated rings. The van der Waals surface area contributed by atoms with Crippen LogP contribution in [0.15, 0.2) is 24.3 Å². The minimum Gasteiger partial charge on any atom is -0.310 e. The number of nitrogens with one attached hydrogen (secondary N) is 1. The number of hydrogen-bond acceptors (Lipinski definition) is 2. The van der Waals surface area contributed by atoms with Crippen LogP contribution in [0.1, 0.15) is 36.8 Å². The highest BCUT2D eigenvalue weighted by Crippen LogP contribution is 2.19. The quantitative estimate of drug-likeness (QED) is 0.836. The van der Waals surface area contributed by atoms with Crippen LogP contribution in [0.4, 0.5) is 0 Å². The van der Waals surface area contributed by atoms with Crippen LogP contribution in [0.25, 0.3) is 0 Å². The van der Waals surface area contributed by atoms with E-state index in [9.17, 15) is 0 Å². The minimum atomic E-state index is 0.805. The van der Waals surface area contributed by atoms with Crippen LogP contribution in [0.2, 0.25) is 0 Å². The molecule has 3 rings (SSSR count). The first-order valence-electron chi connectivity index (χ1n) is 6.94. The highest BCUT2D eigenvalue weighted by Gasteiger charge is 2.19. The van der Waals surface area contributed by atoms with Gasteiger partial charge >= 0.3 is 0 Å². The topological polar surface area (TPSA) is 15.3 Å². The van der Waals surface area contributed by atoms with E-state index in [1.54, 1.807) is 0 Å². The molecule has 1 aliphatic heterocycles. The van der Waals surface area contributed by atoms with Crippen LogP contribution in [-0.2, 0) is 13.1 Å². The molecule has 1 heterocycles. The number of hydrogen-bond donors (Lipinski definition) is 1. The van der Waals surface area contributed by atoms with E-state index in [4.69, 9.17) is 0 Å². The van der Waals surface area contributed by atoms with Gasteiger partial charge in [-0.1, -0.05) is 24.3 Å². The average molecular weight is 230 g/mol. The molecule has 0 bridgehead atoms. The Kier molecular flexibility index (Phi) is 3.44. The van der Waals surface area contributed by atoms with Crippen molar-refractivity contribution in [1.29, 1.82) is 0 Å². The van der Waals surface area contributed by atoms with Gasteiger partial charge in [0.25, 0.3) is 0 Å². The Balaban J connectivity index is 1.51.